The van der Waals surface area contributed by atoms with E-state index in [1.165, 1.54) is 13.3 Å². The maximum Gasteiger partial charge on any atom is 0.303 e. The Hall–Kier alpha value is -0.990. The van der Waals surface area contributed by atoms with Crippen LogP contribution in [0.15, 0.2) is 12.3 Å². The zero-order valence-corrected chi connectivity index (χ0v) is 10.3. The van der Waals surface area contributed by atoms with Gasteiger partial charge < -0.3 is 9.47 Å². The lowest BCUT2D eigenvalue weighted by atomic mass is 9.74. The van der Waals surface area contributed by atoms with Crippen molar-refractivity contribution in [3.63, 3.8) is 0 Å². The molecule has 1 aliphatic carbocycles. The third-order valence-corrected chi connectivity index (χ3v) is 3.96. The van der Waals surface area contributed by atoms with Gasteiger partial charge in [-0.2, -0.15) is 0 Å². The van der Waals surface area contributed by atoms with Crippen LogP contribution in [-0.4, -0.2) is 17.7 Å². The summed E-state index contributed by atoms with van der Waals surface area (Å²) in [5.41, 5.74) is -0.614. The Kier molecular flexibility index (Phi) is 2.72. The molecule has 0 aromatic heterocycles. The van der Waals surface area contributed by atoms with Crippen LogP contribution in [-0.2, 0) is 14.3 Å². The van der Waals surface area contributed by atoms with E-state index in [4.69, 9.17) is 9.47 Å². The molecule has 2 fully saturated rings. The van der Waals surface area contributed by atoms with E-state index in [0.717, 1.165) is 12.8 Å². The fourth-order valence-corrected chi connectivity index (χ4v) is 3.03. The standard InChI is InChI=1S/C13H20O3/c1-8-5-6-11-12(7-8)15-9(2)13(11,4)16-10(3)14/h8,11-12H,2,5-7H2,1,3-4H3/t8-,11-,12-,13+/m1/s1. The lowest BCUT2D eigenvalue weighted by Gasteiger charge is -2.34. The van der Waals surface area contributed by atoms with Gasteiger partial charge in [0.05, 0.1) is 0 Å². The van der Waals surface area contributed by atoms with E-state index in [2.05, 4.69) is 13.5 Å². The number of carbonyl (C=O) groups is 1. The Morgan fingerprint density at radius 3 is 2.88 bits per heavy atom. The van der Waals surface area contributed by atoms with Gasteiger partial charge in [-0.05, 0) is 25.7 Å². The normalized spacial score (nSPS) is 42.4. The van der Waals surface area contributed by atoms with Gasteiger partial charge in [-0.3, -0.25) is 4.79 Å². The highest BCUT2D eigenvalue weighted by Crippen LogP contribution is 2.48. The molecule has 0 bridgehead atoms. The number of carbonyl (C=O) groups excluding carboxylic acids is 1. The zero-order chi connectivity index (χ0) is 11.9. The number of esters is 1. The van der Waals surface area contributed by atoms with E-state index >= 15 is 0 Å². The molecule has 90 valence electrons. The van der Waals surface area contributed by atoms with Crippen LogP contribution >= 0.6 is 0 Å². The van der Waals surface area contributed by atoms with Crippen molar-refractivity contribution >= 4 is 5.97 Å². The van der Waals surface area contributed by atoms with Crippen molar-refractivity contribution in [2.45, 2.75) is 51.7 Å². The average molecular weight is 224 g/mol. The molecule has 1 aliphatic heterocycles. The fraction of sp³-hybridized carbons (Fsp3) is 0.769. The molecular formula is C13H20O3. The second-order valence-electron chi connectivity index (χ2n) is 5.30. The van der Waals surface area contributed by atoms with Crippen molar-refractivity contribution in [3.8, 4) is 0 Å². The van der Waals surface area contributed by atoms with Crippen molar-refractivity contribution in [2.24, 2.45) is 11.8 Å². The molecule has 1 saturated heterocycles. The van der Waals surface area contributed by atoms with E-state index in [1.807, 2.05) is 6.92 Å². The zero-order valence-electron chi connectivity index (χ0n) is 10.3. The quantitative estimate of drug-likeness (QED) is 0.642. The van der Waals surface area contributed by atoms with E-state index < -0.39 is 5.60 Å². The maximum absolute atomic E-state index is 11.2. The molecule has 1 heterocycles. The Bertz CT molecular complexity index is 323. The Labute approximate surface area is 96.8 Å². The largest absolute Gasteiger partial charge is 0.491 e. The summed E-state index contributed by atoms with van der Waals surface area (Å²) in [5.74, 6) is 1.33. The second kappa shape index (κ2) is 3.79. The molecule has 0 unspecified atom stereocenters. The number of hydrogen-bond donors (Lipinski definition) is 0. The van der Waals surface area contributed by atoms with Gasteiger partial charge in [-0.15, -0.1) is 0 Å². The number of rotatable bonds is 1. The summed E-state index contributed by atoms with van der Waals surface area (Å²) in [6, 6.07) is 0. The monoisotopic (exact) mass is 224 g/mol. The molecule has 3 nitrogen and oxygen atoms in total. The average Bonchev–Trinajstić information content (AvgIpc) is 2.37. The number of fused-ring (bicyclic) bond motifs is 1. The van der Waals surface area contributed by atoms with Gasteiger partial charge in [0.25, 0.3) is 0 Å². The second-order valence-corrected chi connectivity index (χ2v) is 5.30. The highest BCUT2D eigenvalue weighted by Gasteiger charge is 2.54. The smallest absolute Gasteiger partial charge is 0.303 e. The Balaban J connectivity index is 2.20. The van der Waals surface area contributed by atoms with E-state index in [0.29, 0.717) is 11.7 Å². The predicted octanol–water partition coefficient (Wildman–Crippen LogP) is 2.66. The van der Waals surface area contributed by atoms with Crippen LogP contribution in [0, 0.1) is 11.8 Å². The Morgan fingerprint density at radius 1 is 1.56 bits per heavy atom. The summed E-state index contributed by atoms with van der Waals surface area (Å²) in [5, 5.41) is 0. The van der Waals surface area contributed by atoms with Crippen molar-refractivity contribution in [1.82, 2.24) is 0 Å². The molecule has 4 atom stereocenters. The molecule has 2 aliphatic rings. The first kappa shape index (κ1) is 11.5. The highest BCUT2D eigenvalue weighted by molar-refractivity contribution is 5.67. The SMILES string of the molecule is C=C1O[C@@H]2C[C@H](C)CC[C@H]2[C@@]1(C)OC(C)=O. The first-order valence-corrected chi connectivity index (χ1v) is 5.99. The third-order valence-electron chi connectivity index (χ3n) is 3.96. The van der Waals surface area contributed by atoms with Crippen LogP contribution in [0.1, 0.15) is 40.0 Å². The topological polar surface area (TPSA) is 35.5 Å². The summed E-state index contributed by atoms with van der Waals surface area (Å²) in [6.07, 6.45) is 3.45. The Morgan fingerprint density at radius 2 is 2.25 bits per heavy atom. The molecule has 0 amide bonds. The minimum Gasteiger partial charge on any atom is -0.491 e. The molecule has 3 heteroatoms. The molecule has 0 aromatic rings. The molecule has 0 spiro atoms. The van der Waals surface area contributed by atoms with Crippen LogP contribution in [0.4, 0.5) is 0 Å². The van der Waals surface area contributed by atoms with Crippen molar-refractivity contribution in [3.05, 3.63) is 12.3 Å². The van der Waals surface area contributed by atoms with E-state index in [1.54, 1.807) is 0 Å². The van der Waals surface area contributed by atoms with Crippen LogP contribution in [0.3, 0.4) is 0 Å². The molecule has 0 aromatic carbocycles. The predicted molar refractivity (Wildman–Crippen MR) is 60.7 cm³/mol. The summed E-state index contributed by atoms with van der Waals surface area (Å²) >= 11 is 0. The van der Waals surface area contributed by atoms with E-state index in [-0.39, 0.29) is 18.0 Å². The van der Waals surface area contributed by atoms with Gasteiger partial charge in [-0.1, -0.05) is 19.9 Å². The third kappa shape index (κ3) is 1.72. The van der Waals surface area contributed by atoms with Crippen LogP contribution in [0.2, 0.25) is 0 Å². The molecular weight excluding hydrogens is 204 g/mol. The van der Waals surface area contributed by atoms with Crippen LogP contribution in [0.25, 0.3) is 0 Å². The molecule has 16 heavy (non-hydrogen) atoms. The molecule has 1 saturated carbocycles. The van der Waals surface area contributed by atoms with Crippen molar-refractivity contribution < 1.29 is 14.3 Å². The highest BCUT2D eigenvalue weighted by atomic mass is 16.6. The van der Waals surface area contributed by atoms with Gasteiger partial charge in [0.2, 0.25) is 0 Å². The summed E-state index contributed by atoms with van der Waals surface area (Å²) in [7, 11) is 0. The minimum atomic E-state index is -0.614. The first-order valence-electron chi connectivity index (χ1n) is 5.99. The number of ether oxygens (including phenoxy) is 2. The van der Waals surface area contributed by atoms with Crippen LogP contribution < -0.4 is 0 Å². The maximum atomic E-state index is 11.2. The molecule has 2 rings (SSSR count). The van der Waals surface area contributed by atoms with Gasteiger partial charge in [0.15, 0.2) is 5.60 Å². The van der Waals surface area contributed by atoms with Crippen molar-refractivity contribution in [1.29, 1.82) is 0 Å². The molecule has 0 N–H and O–H groups in total. The lowest BCUT2D eigenvalue weighted by molar-refractivity contribution is -0.156. The van der Waals surface area contributed by atoms with Gasteiger partial charge >= 0.3 is 5.97 Å². The first-order chi connectivity index (χ1) is 7.43. The fourth-order valence-electron chi connectivity index (χ4n) is 3.03. The minimum absolute atomic E-state index is 0.181. The summed E-state index contributed by atoms with van der Waals surface area (Å²) in [4.78, 5) is 11.2. The molecule has 0 radical (unpaired) electrons. The number of hydrogen-bond acceptors (Lipinski definition) is 3. The van der Waals surface area contributed by atoms with Gasteiger partial charge in [0, 0.05) is 12.8 Å². The lowest BCUT2D eigenvalue weighted by Crippen LogP contribution is -2.41. The van der Waals surface area contributed by atoms with Gasteiger partial charge in [-0.25, -0.2) is 0 Å². The van der Waals surface area contributed by atoms with Crippen LogP contribution in [0.5, 0.6) is 0 Å². The summed E-state index contributed by atoms with van der Waals surface area (Å²) in [6.45, 7) is 9.52. The van der Waals surface area contributed by atoms with Crippen molar-refractivity contribution in [2.75, 3.05) is 0 Å². The van der Waals surface area contributed by atoms with E-state index in [9.17, 15) is 4.79 Å². The van der Waals surface area contributed by atoms with Gasteiger partial charge in [0.1, 0.15) is 11.9 Å². The summed E-state index contributed by atoms with van der Waals surface area (Å²) < 4.78 is 11.2.